The Bertz CT molecular complexity index is 319. The maximum atomic E-state index is 12.1. The summed E-state index contributed by atoms with van der Waals surface area (Å²) in [5.74, 6) is 0.487. The Labute approximate surface area is 84.5 Å². The minimum atomic E-state index is -0.213. The number of hydrogen-bond donors (Lipinski definition) is 0. The maximum Gasteiger partial charge on any atom is 0.187 e. The highest BCUT2D eigenvalue weighted by Crippen LogP contribution is 2.62. The van der Waals surface area contributed by atoms with Gasteiger partial charge in [0.2, 0.25) is 0 Å². The molecule has 0 amide bonds. The Morgan fingerprint density at radius 2 is 2.07 bits per heavy atom. The first-order chi connectivity index (χ1) is 6.45. The minimum absolute atomic E-state index is 0.0431. The van der Waals surface area contributed by atoms with E-state index in [0.717, 1.165) is 12.8 Å². The molecular formula is C11H17NO2. The van der Waals surface area contributed by atoms with Crippen LogP contribution in [0.3, 0.4) is 0 Å². The van der Waals surface area contributed by atoms with E-state index in [9.17, 15) is 4.79 Å². The summed E-state index contributed by atoms with van der Waals surface area (Å²) in [5.41, 5.74) is 0.488. The van der Waals surface area contributed by atoms with Crippen LogP contribution in [-0.4, -0.2) is 18.6 Å². The molecule has 0 heterocycles. The van der Waals surface area contributed by atoms with Crippen molar-refractivity contribution >= 4 is 11.5 Å². The molecule has 78 valence electrons. The molecule has 2 atom stereocenters. The monoisotopic (exact) mass is 195 g/mol. The van der Waals surface area contributed by atoms with Gasteiger partial charge in [0.15, 0.2) is 5.78 Å². The molecule has 2 fully saturated rings. The number of carbonyl (C=O) groups excluding carboxylic acids is 1. The smallest absolute Gasteiger partial charge is 0.187 e. The van der Waals surface area contributed by atoms with Crippen molar-refractivity contribution < 1.29 is 9.63 Å². The third kappa shape index (κ3) is 0.830. The fraction of sp³-hybridized carbons (Fsp3) is 0.818. The summed E-state index contributed by atoms with van der Waals surface area (Å²) in [6.07, 6.45) is 2.06. The number of rotatable bonds is 1. The summed E-state index contributed by atoms with van der Waals surface area (Å²) in [7, 11) is 1.50. The lowest BCUT2D eigenvalue weighted by molar-refractivity contribution is -0.123. The van der Waals surface area contributed by atoms with E-state index in [-0.39, 0.29) is 16.6 Å². The highest BCUT2D eigenvalue weighted by Gasteiger charge is 2.65. The van der Waals surface area contributed by atoms with Crippen molar-refractivity contribution in [3.8, 4) is 0 Å². The Morgan fingerprint density at radius 3 is 2.50 bits per heavy atom. The first-order valence-electron chi connectivity index (χ1n) is 5.11. The predicted molar refractivity (Wildman–Crippen MR) is 54.1 cm³/mol. The van der Waals surface area contributed by atoms with E-state index in [1.54, 1.807) is 0 Å². The van der Waals surface area contributed by atoms with Gasteiger partial charge in [-0.25, -0.2) is 0 Å². The average Bonchev–Trinajstić information content (AvgIpc) is 2.41. The van der Waals surface area contributed by atoms with E-state index in [4.69, 9.17) is 4.84 Å². The maximum absolute atomic E-state index is 12.1. The summed E-state index contributed by atoms with van der Waals surface area (Å²) in [5, 5.41) is 3.90. The van der Waals surface area contributed by atoms with Crippen LogP contribution in [-0.2, 0) is 9.63 Å². The van der Waals surface area contributed by atoms with Gasteiger partial charge in [-0.3, -0.25) is 4.79 Å². The molecule has 2 rings (SSSR count). The normalized spacial score (nSPS) is 42.1. The van der Waals surface area contributed by atoms with Crippen LogP contribution in [0.15, 0.2) is 5.16 Å². The molecule has 3 heteroatoms. The van der Waals surface area contributed by atoms with E-state index < -0.39 is 0 Å². The fourth-order valence-electron chi connectivity index (χ4n) is 3.03. The molecule has 0 spiro atoms. The van der Waals surface area contributed by atoms with Crippen molar-refractivity contribution in [1.82, 2.24) is 0 Å². The first-order valence-corrected chi connectivity index (χ1v) is 5.11. The quantitative estimate of drug-likeness (QED) is 0.600. The summed E-state index contributed by atoms with van der Waals surface area (Å²) in [6.45, 7) is 6.40. The second-order valence-corrected chi connectivity index (χ2v) is 5.13. The first kappa shape index (κ1) is 9.69. The van der Waals surface area contributed by atoms with Gasteiger partial charge in [0.1, 0.15) is 12.8 Å². The third-order valence-electron chi connectivity index (χ3n) is 4.48. The molecule has 0 N–H and O–H groups in total. The van der Waals surface area contributed by atoms with Gasteiger partial charge in [0, 0.05) is 11.3 Å². The van der Waals surface area contributed by atoms with Crippen LogP contribution in [0.2, 0.25) is 0 Å². The summed E-state index contributed by atoms with van der Waals surface area (Å²) < 4.78 is 0. The van der Waals surface area contributed by atoms with Crippen LogP contribution < -0.4 is 0 Å². The van der Waals surface area contributed by atoms with Gasteiger partial charge in [-0.2, -0.15) is 0 Å². The third-order valence-corrected chi connectivity index (χ3v) is 4.48. The van der Waals surface area contributed by atoms with Crippen LogP contribution in [0.4, 0.5) is 0 Å². The Hall–Kier alpha value is -0.860. The molecule has 2 aliphatic carbocycles. The van der Waals surface area contributed by atoms with E-state index in [1.807, 2.05) is 0 Å². The number of carbonyl (C=O) groups is 1. The highest BCUT2D eigenvalue weighted by atomic mass is 16.6. The molecule has 2 saturated carbocycles. The number of fused-ring (bicyclic) bond motifs is 2. The van der Waals surface area contributed by atoms with Gasteiger partial charge >= 0.3 is 0 Å². The van der Waals surface area contributed by atoms with E-state index in [1.165, 1.54) is 7.11 Å². The number of Topliss-reactive ketones (excluding diaryl/α,β-unsaturated/α-hetero) is 1. The molecule has 2 bridgehead atoms. The molecule has 14 heavy (non-hydrogen) atoms. The number of ketones is 1. The van der Waals surface area contributed by atoms with Crippen molar-refractivity contribution in [3.05, 3.63) is 0 Å². The zero-order valence-electron chi connectivity index (χ0n) is 9.26. The largest absolute Gasteiger partial charge is 0.399 e. The SMILES string of the molecule is CO/N=C1\C(=O)C2(C)CCC1C2(C)C. The predicted octanol–water partition coefficient (Wildman–Crippen LogP) is 2.01. The molecule has 0 aromatic carbocycles. The molecular weight excluding hydrogens is 178 g/mol. The van der Waals surface area contributed by atoms with Crippen LogP contribution in [0.5, 0.6) is 0 Å². The van der Waals surface area contributed by atoms with Crippen molar-refractivity contribution in [3.63, 3.8) is 0 Å². The second kappa shape index (κ2) is 2.59. The lowest BCUT2D eigenvalue weighted by Gasteiger charge is -2.31. The van der Waals surface area contributed by atoms with Crippen LogP contribution >= 0.6 is 0 Å². The van der Waals surface area contributed by atoms with Crippen LogP contribution in [0.1, 0.15) is 33.6 Å². The zero-order valence-corrected chi connectivity index (χ0v) is 9.26. The fourth-order valence-corrected chi connectivity index (χ4v) is 3.03. The molecule has 0 saturated heterocycles. The molecule has 0 aromatic heterocycles. The summed E-state index contributed by atoms with van der Waals surface area (Å²) >= 11 is 0. The van der Waals surface area contributed by atoms with E-state index >= 15 is 0 Å². The molecule has 0 aliphatic heterocycles. The molecule has 2 unspecified atom stereocenters. The molecule has 0 aromatic rings. The standard InChI is InChI=1S/C11H17NO2/c1-10(2)7-5-6-11(10,3)9(13)8(7)12-14-4/h7H,5-6H2,1-4H3/b12-8-. The Kier molecular flexibility index (Phi) is 1.79. The van der Waals surface area contributed by atoms with Gasteiger partial charge in [0.05, 0.1) is 0 Å². The summed E-state index contributed by atoms with van der Waals surface area (Å²) in [6, 6.07) is 0. The minimum Gasteiger partial charge on any atom is -0.399 e. The van der Waals surface area contributed by atoms with E-state index in [0.29, 0.717) is 11.6 Å². The number of hydrogen-bond acceptors (Lipinski definition) is 3. The second-order valence-electron chi connectivity index (χ2n) is 5.13. The average molecular weight is 195 g/mol. The zero-order chi connectivity index (χ0) is 10.6. The Morgan fingerprint density at radius 1 is 1.43 bits per heavy atom. The van der Waals surface area contributed by atoms with Gasteiger partial charge in [-0.1, -0.05) is 25.9 Å². The van der Waals surface area contributed by atoms with Crippen LogP contribution in [0.25, 0.3) is 0 Å². The lowest BCUT2D eigenvalue weighted by atomic mass is 9.70. The Balaban J connectivity index is 2.49. The molecule has 3 nitrogen and oxygen atoms in total. The molecule has 0 radical (unpaired) electrons. The number of oxime groups is 1. The lowest BCUT2D eigenvalue weighted by Crippen LogP contribution is -2.33. The van der Waals surface area contributed by atoms with E-state index in [2.05, 4.69) is 25.9 Å². The van der Waals surface area contributed by atoms with Crippen LogP contribution in [0, 0.1) is 16.7 Å². The number of nitrogens with zero attached hydrogens (tertiary/aromatic N) is 1. The van der Waals surface area contributed by atoms with Crippen molar-refractivity contribution in [1.29, 1.82) is 0 Å². The molecule has 2 aliphatic rings. The van der Waals surface area contributed by atoms with Gasteiger partial charge in [-0.05, 0) is 18.3 Å². The summed E-state index contributed by atoms with van der Waals surface area (Å²) in [4.78, 5) is 16.8. The van der Waals surface area contributed by atoms with Crippen molar-refractivity contribution in [2.75, 3.05) is 7.11 Å². The van der Waals surface area contributed by atoms with Gasteiger partial charge < -0.3 is 4.84 Å². The van der Waals surface area contributed by atoms with Crippen molar-refractivity contribution in [2.24, 2.45) is 21.9 Å². The topological polar surface area (TPSA) is 38.7 Å². The van der Waals surface area contributed by atoms with Crippen molar-refractivity contribution in [2.45, 2.75) is 33.6 Å². The highest BCUT2D eigenvalue weighted by molar-refractivity contribution is 6.45. The van der Waals surface area contributed by atoms with Gasteiger partial charge in [-0.15, -0.1) is 0 Å². The van der Waals surface area contributed by atoms with Gasteiger partial charge in [0.25, 0.3) is 0 Å².